The van der Waals surface area contributed by atoms with Gasteiger partial charge in [-0.2, -0.15) is 0 Å². The van der Waals surface area contributed by atoms with Crippen molar-refractivity contribution in [1.82, 2.24) is 18.7 Å². The van der Waals surface area contributed by atoms with Crippen LogP contribution in [0.1, 0.15) is 84.6 Å². The minimum absolute atomic E-state index is 0.00151. The van der Waals surface area contributed by atoms with Gasteiger partial charge in [0.05, 0.1) is 0 Å². The van der Waals surface area contributed by atoms with Crippen molar-refractivity contribution < 1.29 is 24.1 Å². The molecule has 264 valence electrons. The quantitative estimate of drug-likeness (QED) is 0.165. The normalized spacial score (nSPS) is 16.3. The van der Waals surface area contributed by atoms with Gasteiger partial charge in [-0.1, -0.05) is 47.6 Å². The van der Waals surface area contributed by atoms with E-state index in [-0.39, 0.29) is 21.7 Å². The number of nitrogens with zero attached hydrogens (tertiary/aromatic N) is 4. The van der Waals surface area contributed by atoms with Crippen LogP contribution in [-0.4, -0.2) is 18.7 Å². The molecule has 0 unspecified atom stereocenters. The molecule has 0 radical (unpaired) electrons. The summed E-state index contributed by atoms with van der Waals surface area (Å²) in [6.07, 6.45) is 1.89. The van der Waals surface area contributed by atoms with Crippen LogP contribution >= 0.6 is 0 Å². The smallest absolute Gasteiger partial charge is 0.0582 e. The molecule has 3 aromatic heterocycles. The van der Waals surface area contributed by atoms with Crippen LogP contribution in [0.4, 0.5) is 0 Å². The Morgan fingerprint density at radius 2 is 1.49 bits per heavy atom. The molecule has 4 aromatic carbocycles. The molecule has 0 spiro atoms. The first-order valence-electron chi connectivity index (χ1n) is 17.8. The second kappa shape index (κ2) is 11.1. The van der Waals surface area contributed by atoms with E-state index in [4.69, 9.17) is 9.72 Å². The Hall–Kier alpha value is -4.21. The zero-order valence-electron chi connectivity index (χ0n) is 31.5. The molecular weight excluding hydrogens is 808 g/mol. The van der Waals surface area contributed by atoms with Crippen LogP contribution < -0.4 is 4.74 Å². The van der Waals surface area contributed by atoms with Crippen molar-refractivity contribution in [3.05, 3.63) is 117 Å². The molecule has 6 heteroatoms. The van der Waals surface area contributed by atoms with Crippen LogP contribution in [0.2, 0.25) is 0 Å². The van der Waals surface area contributed by atoms with Crippen LogP contribution in [-0.2, 0) is 42.6 Å². The second-order valence-electron chi connectivity index (χ2n) is 17.0. The molecule has 0 saturated heterocycles. The van der Waals surface area contributed by atoms with Crippen LogP contribution in [0.5, 0.6) is 11.5 Å². The predicted molar refractivity (Wildman–Crippen MR) is 205 cm³/mol. The van der Waals surface area contributed by atoms with Crippen LogP contribution in [0.25, 0.3) is 44.3 Å². The zero-order chi connectivity index (χ0) is 36.4. The molecule has 0 amide bonds. The van der Waals surface area contributed by atoms with Gasteiger partial charge in [0.25, 0.3) is 0 Å². The number of fused-ring (bicyclic) bond motifs is 6. The summed E-state index contributed by atoms with van der Waals surface area (Å²) >= 11 is 2.41. The van der Waals surface area contributed by atoms with Crippen LogP contribution in [0.15, 0.2) is 79.0 Å². The minimum Gasteiger partial charge on any atom is -0.0582 e. The summed E-state index contributed by atoms with van der Waals surface area (Å²) < 4.78 is 14.5. The third-order valence-corrected chi connectivity index (χ3v) is 13.7. The fourth-order valence-electron chi connectivity index (χ4n) is 8.30. The molecule has 0 aliphatic heterocycles. The Balaban J connectivity index is 1.29. The van der Waals surface area contributed by atoms with Crippen LogP contribution in [0, 0.1) is 28.3 Å². The van der Waals surface area contributed by atoms with Crippen molar-refractivity contribution in [2.24, 2.45) is 12.5 Å². The molecule has 0 bridgehead atoms. The van der Waals surface area contributed by atoms with E-state index in [9.17, 15) is 0 Å². The van der Waals surface area contributed by atoms with Gasteiger partial charge in [-0.05, 0) is 40.4 Å². The summed E-state index contributed by atoms with van der Waals surface area (Å²) in [7, 11) is 2.12. The fraction of sp³-hybridized carbons (Fsp3) is 0.333. The van der Waals surface area contributed by atoms with E-state index in [1.54, 1.807) is 0 Å². The van der Waals surface area contributed by atoms with Crippen molar-refractivity contribution in [2.75, 3.05) is 0 Å². The number of pyridine rings is 1. The van der Waals surface area contributed by atoms with E-state index in [1.807, 2.05) is 24.4 Å². The Bertz CT molecular complexity index is 2620. The summed E-state index contributed by atoms with van der Waals surface area (Å²) in [5.41, 5.74) is 10.7. The molecule has 7 aromatic rings. The van der Waals surface area contributed by atoms with E-state index >= 15 is 0 Å². The van der Waals surface area contributed by atoms with Crippen molar-refractivity contribution in [3.63, 3.8) is 0 Å². The van der Waals surface area contributed by atoms with E-state index in [1.165, 1.54) is 27.6 Å². The Labute approximate surface area is 312 Å². The molecular formula is C45H46N4OPt-2. The summed E-state index contributed by atoms with van der Waals surface area (Å²) in [6.45, 7) is 23.3. The molecule has 51 heavy (non-hydrogen) atoms. The molecule has 1 aliphatic carbocycles. The molecule has 0 N–H and O–H groups in total. The monoisotopic (exact) mass is 853 g/mol. The maximum atomic E-state index is 6.61. The summed E-state index contributed by atoms with van der Waals surface area (Å²) in [5, 5.41) is 2.44. The van der Waals surface area contributed by atoms with Gasteiger partial charge in [0, 0.05) is 6.20 Å². The number of aromatic nitrogens is 4. The SMILES string of the molecule is Cc1ccnc(-n2c3[c-]c(Oc4[c-]c(-n5[c](=[Pt])n(C)c6cc(C(C)(C)C)ccc65)ccc4)ccc3c3c4c(ccc32)C(C)(C)C(C)(C)C4(C)C)c1. The first-order valence-corrected chi connectivity index (χ1v) is 18.9. The number of benzene rings is 4. The van der Waals surface area contributed by atoms with Crippen molar-refractivity contribution in [3.8, 4) is 23.0 Å². The first kappa shape index (κ1) is 33.9. The molecule has 0 saturated carbocycles. The molecule has 3 heterocycles. The van der Waals surface area contributed by atoms with Gasteiger partial charge < -0.3 is 0 Å². The molecule has 5 nitrogen and oxygen atoms in total. The van der Waals surface area contributed by atoms with E-state index in [2.05, 4.69) is 176 Å². The third-order valence-electron chi connectivity index (χ3n) is 12.5. The van der Waals surface area contributed by atoms with Gasteiger partial charge >= 0.3 is 220 Å². The summed E-state index contributed by atoms with van der Waals surface area (Å²) in [6, 6.07) is 33.2. The van der Waals surface area contributed by atoms with E-state index in [0.29, 0.717) is 11.5 Å². The fourth-order valence-corrected chi connectivity index (χ4v) is 9.12. The number of rotatable bonds is 4. The van der Waals surface area contributed by atoms with Gasteiger partial charge in [0.1, 0.15) is 0 Å². The Morgan fingerprint density at radius 1 is 0.765 bits per heavy atom. The van der Waals surface area contributed by atoms with E-state index < -0.39 is 0 Å². The standard InChI is InChI=1S/C45H46N4O.Pt/c1-28-21-22-46-39(23-28)49-36-20-18-34-41(44(7,8)45(9,10)43(34,5)6)40(36)33-17-16-32(26-37(33)49)50-31-14-12-13-30(25-31)48-27-47(11)38-24-29(42(2,3)4)15-19-35(38)48;/h12-24H,1-11H3;/q-2;. The number of imidazole rings is 1. The molecule has 0 atom stereocenters. The molecule has 8 rings (SSSR count). The number of hydrogen-bond acceptors (Lipinski definition) is 2. The Kier molecular flexibility index (Phi) is 7.41. The topological polar surface area (TPSA) is 36.9 Å². The minimum atomic E-state index is -0.0692. The molecule has 1 aliphatic rings. The number of aryl methyl sites for hydroxylation is 2. The van der Waals surface area contributed by atoms with Gasteiger partial charge in [0.15, 0.2) is 0 Å². The van der Waals surface area contributed by atoms with Crippen molar-refractivity contribution in [1.29, 1.82) is 0 Å². The van der Waals surface area contributed by atoms with Gasteiger partial charge in [-0.3, -0.25) is 0 Å². The predicted octanol–water partition coefficient (Wildman–Crippen LogP) is 11.1. The van der Waals surface area contributed by atoms with E-state index in [0.717, 1.165) is 42.8 Å². The summed E-state index contributed by atoms with van der Waals surface area (Å²) in [5.74, 6) is 2.15. The van der Waals surface area contributed by atoms with Crippen molar-refractivity contribution >= 4 is 32.8 Å². The van der Waals surface area contributed by atoms with Gasteiger partial charge in [0.2, 0.25) is 0 Å². The third kappa shape index (κ3) is 4.83. The van der Waals surface area contributed by atoms with Gasteiger partial charge in [-0.15, -0.1) is 0 Å². The van der Waals surface area contributed by atoms with Crippen molar-refractivity contribution in [2.45, 2.75) is 85.5 Å². The Morgan fingerprint density at radius 3 is 2.22 bits per heavy atom. The zero-order valence-corrected chi connectivity index (χ0v) is 33.8. The molecule has 0 fully saturated rings. The van der Waals surface area contributed by atoms with Gasteiger partial charge in [-0.25, -0.2) is 0 Å². The number of hydrogen-bond donors (Lipinski definition) is 0. The average molecular weight is 854 g/mol. The first-order chi connectivity index (χ1) is 23.9. The number of ether oxygens (including phenoxy) is 1. The van der Waals surface area contributed by atoms with Crippen LogP contribution in [0.3, 0.4) is 0 Å². The average Bonchev–Trinajstić information content (AvgIpc) is 3.56. The maximum absolute atomic E-state index is 6.61. The summed E-state index contributed by atoms with van der Waals surface area (Å²) in [4.78, 5) is 4.87. The second-order valence-corrected chi connectivity index (χ2v) is 18.0.